The highest BCUT2D eigenvalue weighted by Crippen LogP contribution is 2.29. The van der Waals surface area contributed by atoms with Gasteiger partial charge in [0.15, 0.2) is 0 Å². The average Bonchev–Trinajstić information content (AvgIpc) is 2.43. The summed E-state index contributed by atoms with van der Waals surface area (Å²) in [7, 11) is 2.21. The van der Waals surface area contributed by atoms with Gasteiger partial charge in [0.2, 0.25) is 5.91 Å². The first-order chi connectivity index (χ1) is 9.97. The molecule has 0 aromatic heterocycles. The van der Waals surface area contributed by atoms with E-state index < -0.39 is 0 Å². The Hall–Kier alpha value is 0.110. The second-order valence-corrected chi connectivity index (χ2v) is 8.22. The normalized spacial score (nSPS) is 16.2. The van der Waals surface area contributed by atoms with Crippen LogP contribution in [0.4, 0.5) is 5.69 Å². The largest absolute Gasteiger partial charge is 0.325 e. The molecule has 0 spiro atoms. The number of amides is 1. The molecule has 1 aliphatic carbocycles. The van der Waals surface area contributed by atoms with Crippen LogP contribution in [0.5, 0.6) is 0 Å². The number of carbonyl (C=O) groups is 1. The van der Waals surface area contributed by atoms with Gasteiger partial charge >= 0.3 is 0 Å². The quantitative estimate of drug-likeness (QED) is 0.598. The van der Waals surface area contributed by atoms with Crippen LogP contribution in [0, 0.1) is 7.14 Å². The predicted molar refractivity (Wildman–Crippen MR) is 105 cm³/mol. The fourth-order valence-corrected chi connectivity index (χ4v) is 5.09. The molecule has 1 fully saturated rings. The minimum Gasteiger partial charge on any atom is -0.325 e. The molecule has 0 bridgehead atoms. The number of benzene rings is 1. The van der Waals surface area contributed by atoms with Crippen LogP contribution in [0.2, 0.25) is 0 Å². The van der Waals surface area contributed by atoms with Crippen molar-refractivity contribution < 1.29 is 4.79 Å². The number of hydrogen-bond acceptors (Lipinski definition) is 2. The summed E-state index contributed by atoms with van der Waals surface area (Å²) in [6.07, 6.45) is 6.66. The number of nitrogens with zero attached hydrogens (tertiary/aromatic N) is 1. The Bertz CT molecular complexity index is 513. The summed E-state index contributed by atoms with van der Waals surface area (Å²) in [5, 5.41) is 3.00. The molecule has 1 aromatic rings. The summed E-state index contributed by atoms with van der Waals surface area (Å²) in [6.45, 7) is 2.47. The van der Waals surface area contributed by atoms with Crippen molar-refractivity contribution in [2.24, 2.45) is 0 Å². The molecule has 0 heterocycles. The second kappa shape index (κ2) is 8.10. The van der Waals surface area contributed by atoms with E-state index in [-0.39, 0.29) is 5.91 Å². The van der Waals surface area contributed by atoms with Crippen molar-refractivity contribution in [3.05, 3.63) is 24.8 Å². The fourth-order valence-electron chi connectivity index (χ4n) is 2.99. The SMILES string of the molecule is CC(=O)Nc1c(I)cc(I)cc1CN(C)C1CCCCC1. The zero-order valence-corrected chi connectivity index (χ0v) is 16.9. The number of nitrogens with one attached hydrogen (secondary N) is 1. The zero-order valence-electron chi connectivity index (χ0n) is 12.6. The standard InChI is InChI=1S/C16H22I2N2O/c1-11(21)19-16-12(8-13(17)9-15(16)18)10-20(2)14-6-4-3-5-7-14/h8-9,14H,3-7,10H2,1-2H3,(H,19,21). The van der Waals surface area contributed by atoms with Crippen LogP contribution in [-0.2, 0) is 11.3 Å². The lowest BCUT2D eigenvalue weighted by Crippen LogP contribution is -2.33. The number of hydrogen-bond donors (Lipinski definition) is 1. The fraction of sp³-hybridized carbons (Fsp3) is 0.562. The van der Waals surface area contributed by atoms with Crippen molar-refractivity contribution in [3.8, 4) is 0 Å². The summed E-state index contributed by atoms with van der Waals surface area (Å²) in [4.78, 5) is 13.9. The average molecular weight is 512 g/mol. The van der Waals surface area contributed by atoms with Crippen LogP contribution in [0.15, 0.2) is 12.1 Å². The molecule has 2 rings (SSSR count). The first-order valence-electron chi connectivity index (χ1n) is 7.43. The minimum atomic E-state index is -0.00399. The molecular weight excluding hydrogens is 490 g/mol. The highest BCUT2D eigenvalue weighted by Gasteiger charge is 2.20. The third-order valence-electron chi connectivity index (χ3n) is 4.06. The van der Waals surface area contributed by atoms with Gasteiger partial charge in [0.1, 0.15) is 0 Å². The Labute approximate surface area is 154 Å². The maximum Gasteiger partial charge on any atom is 0.221 e. The van der Waals surface area contributed by atoms with Gasteiger partial charge < -0.3 is 5.32 Å². The molecule has 1 amide bonds. The maximum atomic E-state index is 11.5. The summed E-state index contributed by atoms with van der Waals surface area (Å²) in [6, 6.07) is 4.98. The molecular formula is C16H22I2N2O. The molecule has 3 nitrogen and oxygen atoms in total. The van der Waals surface area contributed by atoms with E-state index in [9.17, 15) is 4.79 Å². The van der Waals surface area contributed by atoms with E-state index in [4.69, 9.17) is 0 Å². The molecule has 0 saturated heterocycles. The van der Waals surface area contributed by atoms with Crippen LogP contribution in [0.25, 0.3) is 0 Å². The van der Waals surface area contributed by atoms with Gasteiger partial charge in [-0.2, -0.15) is 0 Å². The summed E-state index contributed by atoms with van der Waals surface area (Å²) < 4.78 is 2.33. The van der Waals surface area contributed by atoms with Crippen LogP contribution >= 0.6 is 45.2 Å². The van der Waals surface area contributed by atoms with Gasteiger partial charge in [-0.15, -0.1) is 0 Å². The highest BCUT2D eigenvalue weighted by atomic mass is 127. The van der Waals surface area contributed by atoms with E-state index in [1.54, 1.807) is 6.92 Å². The lowest BCUT2D eigenvalue weighted by atomic mass is 9.94. The molecule has 116 valence electrons. The van der Waals surface area contributed by atoms with Gasteiger partial charge in [-0.25, -0.2) is 0 Å². The van der Waals surface area contributed by atoms with Gasteiger partial charge in [-0.05, 0) is 82.8 Å². The predicted octanol–water partition coefficient (Wildman–Crippen LogP) is 4.62. The summed E-state index contributed by atoms with van der Waals surface area (Å²) >= 11 is 4.65. The van der Waals surface area contributed by atoms with Crippen molar-refractivity contribution in [2.75, 3.05) is 12.4 Å². The van der Waals surface area contributed by atoms with Gasteiger partial charge in [0.25, 0.3) is 0 Å². The molecule has 1 aromatic carbocycles. The Morgan fingerprint density at radius 2 is 1.95 bits per heavy atom. The smallest absolute Gasteiger partial charge is 0.221 e. The third kappa shape index (κ3) is 5.06. The van der Waals surface area contributed by atoms with E-state index in [1.807, 2.05) is 0 Å². The summed E-state index contributed by atoms with van der Waals surface area (Å²) in [5.41, 5.74) is 2.20. The lowest BCUT2D eigenvalue weighted by Gasteiger charge is -2.31. The van der Waals surface area contributed by atoms with Crippen molar-refractivity contribution >= 4 is 56.8 Å². The molecule has 5 heteroatoms. The molecule has 0 radical (unpaired) electrons. The Morgan fingerprint density at radius 3 is 2.57 bits per heavy atom. The monoisotopic (exact) mass is 512 g/mol. The Kier molecular flexibility index (Phi) is 6.74. The van der Waals surface area contributed by atoms with Crippen molar-refractivity contribution in [3.63, 3.8) is 0 Å². The summed E-state index contributed by atoms with van der Waals surface area (Å²) in [5.74, 6) is -0.00399. The minimum absolute atomic E-state index is 0.00399. The first kappa shape index (κ1) is 17.5. The first-order valence-corrected chi connectivity index (χ1v) is 9.59. The molecule has 0 atom stereocenters. The number of carbonyl (C=O) groups excluding carboxylic acids is 1. The van der Waals surface area contributed by atoms with Crippen LogP contribution in [-0.4, -0.2) is 23.9 Å². The lowest BCUT2D eigenvalue weighted by molar-refractivity contribution is -0.114. The van der Waals surface area contributed by atoms with E-state index in [0.29, 0.717) is 6.04 Å². The number of rotatable bonds is 4. The van der Waals surface area contributed by atoms with E-state index in [1.165, 1.54) is 41.2 Å². The molecule has 0 aliphatic heterocycles. The third-order valence-corrected chi connectivity index (χ3v) is 5.53. The second-order valence-electron chi connectivity index (χ2n) is 5.81. The topological polar surface area (TPSA) is 32.3 Å². The maximum absolute atomic E-state index is 11.5. The van der Waals surface area contributed by atoms with E-state index in [0.717, 1.165) is 15.8 Å². The van der Waals surface area contributed by atoms with Crippen molar-refractivity contribution in [2.45, 2.75) is 51.6 Å². The number of anilines is 1. The van der Waals surface area contributed by atoms with Gasteiger partial charge in [-0.1, -0.05) is 19.3 Å². The van der Waals surface area contributed by atoms with Crippen molar-refractivity contribution in [1.82, 2.24) is 4.90 Å². The molecule has 1 aliphatic rings. The van der Waals surface area contributed by atoms with Gasteiger partial charge in [0, 0.05) is 26.7 Å². The highest BCUT2D eigenvalue weighted by molar-refractivity contribution is 14.1. The number of halogens is 2. The van der Waals surface area contributed by atoms with Crippen LogP contribution in [0.1, 0.15) is 44.6 Å². The van der Waals surface area contributed by atoms with Gasteiger partial charge in [-0.3, -0.25) is 9.69 Å². The molecule has 0 unspecified atom stereocenters. The van der Waals surface area contributed by atoms with Crippen LogP contribution in [0.3, 0.4) is 0 Å². The van der Waals surface area contributed by atoms with Crippen LogP contribution < -0.4 is 5.32 Å². The van der Waals surface area contributed by atoms with E-state index >= 15 is 0 Å². The van der Waals surface area contributed by atoms with Crippen molar-refractivity contribution in [1.29, 1.82) is 0 Å². The Balaban J connectivity index is 2.18. The Morgan fingerprint density at radius 1 is 1.29 bits per heavy atom. The molecule has 1 saturated carbocycles. The van der Waals surface area contributed by atoms with Gasteiger partial charge in [0.05, 0.1) is 5.69 Å². The zero-order chi connectivity index (χ0) is 15.4. The molecule has 21 heavy (non-hydrogen) atoms. The van der Waals surface area contributed by atoms with E-state index in [2.05, 4.69) is 74.6 Å². The molecule has 1 N–H and O–H groups in total.